The number of fused-ring (bicyclic) bond motifs is 6. The van der Waals surface area contributed by atoms with Gasteiger partial charge in [0.2, 0.25) is 5.89 Å². The molecule has 11 aromatic carbocycles. The van der Waals surface area contributed by atoms with Crippen molar-refractivity contribution < 1.29 is 4.42 Å². The van der Waals surface area contributed by atoms with Crippen LogP contribution < -0.4 is 4.90 Å². The van der Waals surface area contributed by atoms with Crippen molar-refractivity contribution in [3.63, 3.8) is 0 Å². The Kier molecular flexibility index (Phi) is 9.16. The van der Waals surface area contributed by atoms with E-state index in [1.54, 1.807) is 0 Å². The minimum absolute atomic E-state index is 0.625. The van der Waals surface area contributed by atoms with Crippen molar-refractivity contribution in [2.24, 2.45) is 0 Å². The molecule has 300 valence electrons. The van der Waals surface area contributed by atoms with Crippen molar-refractivity contribution in [3.8, 4) is 56.0 Å². The Morgan fingerprint density at radius 1 is 0.297 bits per heavy atom. The third-order valence-electron chi connectivity index (χ3n) is 12.5. The molecule has 0 unspecified atom stereocenters. The number of benzene rings is 11. The fourth-order valence-corrected chi connectivity index (χ4v) is 9.29. The number of aromatic nitrogens is 1. The van der Waals surface area contributed by atoms with Crippen LogP contribution in [-0.2, 0) is 0 Å². The van der Waals surface area contributed by atoms with Crippen LogP contribution in [0.2, 0.25) is 0 Å². The van der Waals surface area contributed by atoms with Gasteiger partial charge in [-0.15, -0.1) is 0 Å². The Balaban J connectivity index is 0.906. The molecular formula is C61H40N2O. The maximum atomic E-state index is 6.55. The Bertz CT molecular complexity index is 3630. The first-order chi connectivity index (χ1) is 31.7. The third kappa shape index (κ3) is 6.68. The van der Waals surface area contributed by atoms with Gasteiger partial charge in [-0.05, 0) is 127 Å². The van der Waals surface area contributed by atoms with Crippen LogP contribution in [0.15, 0.2) is 247 Å². The molecule has 0 amide bonds. The zero-order valence-electron chi connectivity index (χ0n) is 34.9. The SMILES string of the molecule is c1ccc(-c2cccc(N(c3ccc(-c4ccc(-c5cc6ccccc6c6nc(-c7ccccc7)oc56)cc4)cc3)c3ccc(-c4cc5ccccc5c5ccccc45)cc3)c2)cc1. The van der Waals surface area contributed by atoms with Crippen molar-refractivity contribution in [2.75, 3.05) is 4.90 Å². The smallest absolute Gasteiger partial charge is 0.227 e. The highest BCUT2D eigenvalue weighted by molar-refractivity contribution is 6.14. The van der Waals surface area contributed by atoms with Gasteiger partial charge in [-0.3, -0.25) is 0 Å². The first kappa shape index (κ1) is 37.2. The summed E-state index contributed by atoms with van der Waals surface area (Å²) in [5, 5.41) is 7.26. The molecule has 0 atom stereocenters. The summed E-state index contributed by atoms with van der Waals surface area (Å²) in [4.78, 5) is 7.37. The molecule has 0 saturated heterocycles. The molecule has 0 aliphatic rings. The standard InChI is InChI=1S/C61H40N2O/c1-3-14-41(15-4-1)47-20-13-21-52(38-47)63(51-36-32-44(33-37-51)57-39-48-18-7-9-22-53(48)55-24-11-12-25-56(55)57)50-34-30-43(31-35-50)42-26-28-45(29-27-42)58-40-49-19-8-10-23-54(49)59-60(58)64-61(62-59)46-16-5-2-6-17-46/h1-40H. The number of nitrogens with zero attached hydrogens (tertiary/aromatic N) is 2. The molecule has 1 aromatic heterocycles. The first-order valence-electron chi connectivity index (χ1n) is 21.8. The number of anilines is 3. The number of rotatable bonds is 8. The van der Waals surface area contributed by atoms with Crippen LogP contribution in [0.1, 0.15) is 0 Å². The van der Waals surface area contributed by atoms with E-state index < -0.39 is 0 Å². The Morgan fingerprint density at radius 3 is 1.45 bits per heavy atom. The molecule has 0 bridgehead atoms. The third-order valence-corrected chi connectivity index (χ3v) is 12.5. The maximum absolute atomic E-state index is 6.55. The molecule has 12 aromatic rings. The molecule has 0 fully saturated rings. The molecule has 0 radical (unpaired) electrons. The van der Waals surface area contributed by atoms with Gasteiger partial charge in [0.05, 0.1) is 0 Å². The highest BCUT2D eigenvalue weighted by Gasteiger charge is 2.18. The van der Waals surface area contributed by atoms with Crippen LogP contribution in [-0.4, -0.2) is 4.98 Å². The summed E-state index contributed by atoms with van der Waals surface area (Å²) in [6, 6.07) is 86.6. The van der Waals surface area contributed by atoms with E-state index in [2.05, 4.69) is 217 Å². The van der Waals surface area contributed by atoms with E-state index in [4.69, 9.17) is 9.40 Å². The van der Waals surface area contributed by atoms with E-state index >= 15 is 0 Å². The predicted molar refractivity (Wildman–Crippen MR) is 268 cm³/mol. The van der Waals surface area contributed by atoms with Crippen LogP contribution in [0.4, 0.5) is 17.1 Å². The van der Waals surface area contributed by atoms with Crippen LogP contribution in [0.25, 0.3) is 99.4 Å². The minimum atomic E-state index is 0.625. The number of hydrogen-bond acceptors (Lipinski definition) is 3. The van der Waals surface area contributed by atoms with Gasteiger partial charge >= 0.3 is 0 Å². The normalized spacial score (nSPS) is 11.4. The van der Waals surface area contributed by atoms with Gasteiger partial charge in [-0.1, -0.05) is 182 Å². The van der Waals surface area contributed by atoms with Crippen molar-refractivity contribution >= 4 is 60.5 Å². The van der Waals surface area contributed by atoms with Crippen LogP contribution in [0.5, 0.6) is 0 Å². The summed E-state index contributed by atoms with van der Waals surface area (Å²) in [6.07, 6.45) is 0. The summed E-state index contributed by atoms with van der Waals surface area (Å²) in [5.41, 5.74) is 15.0. The molecule has 3 nitrogen and oxygen atoms in total. The molecule has 0 spiro atoms. The fourth-order valence-electron chi connectivity index (χ4n) is 9.29. The van der Waals surface area contributed by atoms with Gasteiger partial charge in [0, 0.05) is 33.6 Å². The molecule has 0 saturated carbocycles. The van der Waals surface area contributed by atoms with E-state index in [1.165, 1.54) is 43.8 Å². The molecule has 0 aliphatic heterocycles. The van der Waals surface area contributed by atoms with Crippen LogP contribution in [0, 0.1) is 0 Å². The molecular weight excluding hydrogens is 777 g/mol. The monoisotopic (exact) mass is 816 g/mol. The second-order valence-electron chi connectivity index (χ2n) is 16.3. The average Bonchev–Trinajstić information content (AvgIpc) is 3.84. The van der Waals surface area contributed by atoms with Crippen LogP contribution >= 0.6 is 0 Å². The van der Waals surface area contributed by atoms with Gasteiger partial charge in [0.15, 0.2) is 5.58 Å². The summed E-state index contributed by atoms with van der Waals surface area (Å²) < 4.78 is 6.55. The Labute approximate surface area is 371 Å². The summed E-state index contributed by atoms with van der Waals surface area (Å²) in [7, 11) is 0. The number of oxazole rings is 1. The molecule has 12 rings (SSSR count). The maximum Gasteiger partial charge on any atom is 0.227 e. The predicted octanol–water partition coefficient (Wildman–Crippen LogP) is 17.1. The van der Waals surface area contributed by atoms with Gasteiger partial charge < -0.3 is 9.32 Å². The fraction of sp³-hybridized carbons (Fsp3) is 0. The van der Waals surface area contributed by atoms with E-state index in [-0.39, 0.29) is 0 Å². The molecule has 64 heavy (non-hydrogen) atoms. The summed E-state index contributed by atoms with van der Waals surface area (Å²) >= 11 is 0. The van der Waals surface area contributed by atoms with Crippen molar-refractivity contribution in [3.05, 3.63) is 243 Å². The van der Waals surface area contributed by atoms with E-state index in [1.807, 2.05) is 30.3 Å². The largest absolute Gasteiger partial charge is 0.435 e. The van der Waals surface area contributed by atoms with Crippen LogP contribution in [0.3, 0.4) is 0 Å². The first-order valence-corrected chi connectivity index (χ1v) is 21.8. The quantitative estimate of drug-likeness (QED) is 0.143. The van der Waals surface area contributed by atoms with Gasteiger partial charge in [0.1, 0.15) is 5.52 Å². The summed E-state index contributed by atoms with van der Waals surface area (Å²) in [5.74, 6) is 0.625. The Hall–Kier alpha value is -8.53. The molecule has 0 aliphatic carbocycles. The van der Waals surface area contributed by atoms with E-state index in [9.17, 15) is 0 Å². The van der Waals surface area contributed by atoms with Gasteiger partial charge in [-0.2, -0.15) is 0 Å². The van der Waals surface area contributed by atoms with Crippen molar-refractivity contribution in [1.82, 2.24) is 4.98 Å². The zero-order chi connectivity index (χ0) is 42.4. The lowest BCUT2D eigenvalue weighted by atomic mass is 9.93. The average molecular weight is 817 g/mol. The van der Waals surface area contributed by atoms with Gasteiger partial charge in [-0.25, -0.2) is 4.98 Å². The van der Waals surface area contributed by atoms with E-state index in [0.29, 0.717) is 5.89 Å². The highest BCUT2D eigenvalue weighted by atomic mass is 16.3. The Morgan fingerprint density at radius 2 is 0.766 bits per heavy atom. The summed E-state index contributed by atoms with van der Waals surface area (Å²) in [6.45, 7) is 0. The topological polar surface area (TPSA) is 29.3 Å². The minimum Gasteiger partial charge on any atom is -0.435 e. The second-order valence-corrected chi connectivity index (χ2v) is 16.3. The number of hydrogen-bond donors (Lipinski definition) is 0. The van der Waals surface area contributed by atoms with Crippen molar-refractivity contribution in [2.45, 2.75) is 0 Å². The lowest BCUT2D eigenvalue weighted by Crippen LogP contribution is -2.10. The highest BCUT2D eigenvalue weighted by Crippen LogP contribution is 2.42. The molecule has 0 N–H and O–H groups in total. The molecule has 1 heterocycles. The molecule has 3 heteroatoms. The lowest BCUT2D eigenvalue weighted by Gasteiger charge is -2.26. The van der Waals surface area contributed by atoms with E-state index in [0.717, 1.165) is 66.8 Å². The van der Waals surface area contributed by atoms with Crippen molar-refractivity contribution in [1.29, 1.82) is 0 Å². The second kappa shape index (κ2) is 15.7. The zero-order valence-corrected chi connectivity index (χ0v) is 34.9. The lowest BCUT2D eigenvalue weighted by molar-refractivity contribution is 0.621. The van der Waals surface area contributed by atoms with Gasteiger partial charge in [0.25, 0.3) is 0 Å².